The third-order valence-corrected chi connectivity index (χ3v) is 5.92. The molecule has 0 fully saturated rings. The maximum Gasteiger partial charge on any atom is 0.0781 e. The Balaban J connectivity index is 3.85. The predicted molar refractivity (Wildman–Crippen MR) is 161 cm³/mol. The molecular weight excluding hydrogens is 532 g/mol. The topological polar surface area (TPSA) is 103 Å². The van der Waals surface area contributed by atoms with Crippen molar-refractivity contribution in [2.45, 2.75) is 137 Å². The molecule has 41 heavy (non-hydrogen) atoms. The van der Waals surface area contributed by atoms with Gasteiger partial charge >= 0.3 is 0 Å². The van der Waals surface area contributed by atoms with Crippen LogP contribution in [0.4, 0.5) is 0 Å². The van der Waals surface area contributed by atoms with E-state index in [0.29, 0.717) is 59.5 Å². The predicted octanol–water partition coefficient (Wildman–Crippen LogP) is 4.42. The first-order valence-electron chi connectivity index (χ1n) is 15.6. The first-order valence-corrected chi connectivity index (χ1v) is 15.6. The van der Waals surface area contributed by atoms with Gasteiger partial charge in [0, 0.05) is 6.61 Å². The summed E-state index contributed by atoms with van der Waals surface area (Å²) in [6.45, 7) is 24.8. The highest BCUT2D eigenvalue weighted by molar-refractivity contribution is 4.60. The van der Waals surface area contributed by atoms with Crippen LogP contribution in [0.25, 0.3) is 0 Å². The molecule has 9 unspecified atom stereocenters. The Morgan fingerprint density at radius 3 is 0.878 bits per heavy atom. The van der Waals surface area contributed by atoms with E-state index < -0.39 is 6.10 Å². The quantitative estimate of drug-likeness (QED) is 0.125. The molecule has 0 aromatic heterocycles. The standard InChI is InChI=1S/C31H64O10/c1-11-12-13-33-15-24(3)35-17-26(5)37-19-28(7)39-21-30(9)41-22-31(10)40-20-29(8)38-18-27(6)36-16-25(4)34-14-23(2)32/h23-32H,11-22H2,1-10H3. The van der Waals surface area contributed by atoms with Gasteiger partial charge in [0.15, 0.2) is 0 Å². The van der Waals surface area contributed by atoms with Crippen LogP contribution in [-0.2, 0) is 42.6 Å². The fourth-order valence-electron chi connectivity index (χ4n) is 3.28. The fraction of sp³-hybridized carbons (Fsp3) is 1.00. The van der Waals surface area contributed by atoms with Crippen molar-refractivity contribution >= 4 is 0 Å². The van der Waals surface area contributed by atoms with E-state index >= 15 is 0 Å². The van der Waals surface area contributed by atoms with Gasteiger partial charge in [-0.15, -0.1) is 0 Å². The van der Waals surface area contributed by atoms with E-state index in [9.17, 15) is 5.11 Å². The van der Waals surface area contributed by atoms with Crippen LogP contribution in [-0.4, -0.2) is 126 Å². The minimum Gasteiger partial charge on any atom is -0.391 e. The second-order valence-electron chi connectivity index (χ2n) is 11.4. The molecule has 0 aliphatic carbocycles. The van der Waals surface area contributed by atoms with Crippen LogP contribution in [0, 0.1) is 0 Å². The number of aliphatic hydroxyl groups excluding tert-OH is 1. The van der Waals surface area contributed by atoms with Crippen LogP contribution in [0.5, 0.6) is 0 Å². The Kier molecular flexibility index (Phi) is 25.8. The molecule has 0 amide bonds. The van der Waals surface area contributed by atoms with Crippen LogP contribution in [0.1, 0.15) is 82.1 Å². The van der Waals surface area contributed by atoms with Crippen LogP contribution in [0.3, 0.4) is 0 Å². The Morgan fingerprint density at radius 1 is 0.390 bits per heavy atom. The Hall–Kier alpha value is -0.400. The molecule has 9 atom stereocenters. The summed E-state index contributed by atoms with van der Waals surface area (Å²) < 4.78 is 52.1. The first-order chi connectivity index (χ1) is 19.4. The minimum atomic E-state index is -0.479. The molecule has 10 nitrogen and oxygen atoms in total. The van der Waals surface area contributed by atoms with Crippen molar-refractivity contribution in [3.05, 3.63) is 0 Å². The van der Waals surface area contributed by atoms with E-state index in [2.05, 4.69) is 6.92 Å². The SMILES string of the molecule is CCCCOCC(C)OCC(C)OCC(C)OCC(C)OCC(C)OCC(C)OCC(C)OCC(C)OCC(C)O. The van der Waals surface area contributed by atoms with Crippen molar-refractivity contribution in [1.82, 2.24) is 0 Å². The van der Waals surface area contributed by atoms with E-state index in [-0.39, 0.29) is 48.8 Å². The summed E-state index contributed by atoms with van der Waals surface area (Å²) in [7, 11) is 0. The van der Waals surface area contributed by atoms with E-state index in [0.717, 1.165) is 19.4 Å². The highest BCUT2D eigenvalue weighted by atomic mass is 16.6. The molecule has 0 aromatic carbocycles. The van der Waals surface area contributed by atoms with E-state index in [1.807, 2.05) is 55.4 Å². The Labute approximate surface area is 251 Å². The van der Waals surface area contributed by atoms with Crippen molar-refractivity contribution < 1.29 is 47.7 Å². The lowest BCUT2D eigenvalue weighted by atomic mass is 10.3. The molecule has 0 bridgehead atoms. The molecule has 0 heterocycles. The summed E-state index contributed by atoms with van der Waals surface area (Å²) >= 11 is 0. The Morgan fingerprint density at radius 2 is 0.634 bits per heavy atom. The van der Waals surface area contributed by atoms with Gasteiger partial charge in [0.05, 0.1) is 114 Å². The maximum atomic E-state index is 9.28. The molecule has 0 radical (unpaired) electrons. The lowest BCUT2D eigenvalue weighted by molar-refractivity contribution is -0.110. The first kappa shape index (κ1) is 40.6. The lowest BCUT2D eigenvalue weighted by Gasteiger charge is -2.23. The number of rotatable bonds is 29. The van der Waals surface area contributed by atoms with Crippen molar-refractivity contribution in [3.63, 3.8) is 0 Å². The third-order valence-electron chi connectivity index (χ3n) is 5.92. The van der Waals surface area contributed by atoms with Crippen LogP contribution in [0.2, 0.25) is 0 Å². The summed E-state index contributed by atoms with van der Waals surface area (Å²) in [5, 5.41) is 9.28. The number of ether oxygens (including phenoxy) is 9. The zero-order valence-electron chi connectivity index (χ0n) is 27.8. The molecule has 248 valence electrons. The van der Waals surface area contributed by atoms with E-state index in [1.165, 1.54) is 0 Å². The summed E-state index contributed by atoms with van der Waals surface area (Å²) in [5.41, 5.74) is 0. The van der Waals surface area contributed by atoms with Crippen molar-refractivity contribution in [2.75, 3.05) is 66.1 Å². The number of aliphatic hydroxyl groups is 1. The van der Waals surface area contributed by atoms with Crippen molar-refractivity contribution in [1.29, 1.82) is 0 Å². The largest absolute Gasteiger partial charge is 0.391 e. The highest BCUT2D eigenvalue weighted by Crippen LogP contribution is 2.06. The molecule has 0 rings (SSSR count). The number of hydrogen-bond acceptors (Lipinski definition) is 10. The van der Waals surface area contributed by atoms with Gasteiger partial charge in [-0.2, -0.15) is 0 Å². The molecule has 1 N–H and O–H groups in total. The van der Waals surface area contributed by atoms with Crippen molar-refractivity contribution in [3.8, 4) is 0 Å². The zero-order chi connectivity index (χ0) is 31.0. The molecule has 0 aliphatic heterocycles. The lowest BCUT2D eigenvalue weighted by Crippen LogP contribution is -2.30. The molecule has 0 saturated carbocycles. The summed E-state index contributed by atoms with van der Waals surface area (Å²) in [4.78, 5) is 0. The smallest absolute Gasteiger partial charge is 0.0781 e. The van der Waals surface area contributed by atoms with Gasteiger partial charge in [-0.1, -0.05) is 13.3 Å². The van der Waals surface area contributed by atoms with E-state index in [4.69, 9.17) is 42.6 Å². The molecule has 0 spiro atoms. The molecule has 0 aromatic rings. The summed E-state index contributed by atoms with van der Waals surface area (Å²) in [6.07, 6.45) is 1.39. The summed E-state index contributed by atoms with van der Waals surface area (Å²) in [5.74, 6) is 0. The zero-order valence-corrected chi connectivity index (χ0v) is 27.8. The highest BCUT2D eigenvalue weighted by Gasteiger charge is 2.15. The van der Waals surface area contributed by atoms with E-state index in [1.54, 1.807) is 6.92 Å². The second kappa shape index (κ2) is 26.0. The van der Waals surface area contributed by atoms with Gasteiger partial charge in [-0.25, -0.2) is 0 Å². The molecule has 10 heteroatoms. The van der Waals surface area contributed by atoms with Gasteiger partial charge in [-0.05, 0) is 68.7 Å². The van der Waals surface area contributed by atoms with Gasteiger partial charge in [0.2, 0.25) is 0 Å². The fourth-order valence-corrected chi connectivity index (χ4v) is 3.28. The van der Waals surface area contributed by atoms with Gasteiger partial charge < -0.3 is 47.7 Å². The molecule has 0 saturated heterocycles. The van der Waals surface area contributed by atoms with Crippen LogP contribution >= 0.6 is 0 Å². The minimum absolute atomic E-state index is 0.0161. The van der Waals surface area contributed by atoms with Gasteiger partial charge in [-0.3, -0.25) is 0 Å². The third kappa shape index (κ3) is 26.9. The number of unbranched alkanes of at least 4 members (excludes halogenated alkanes) is 1. The van der Waals surface area contributed by atoms with Gasteiger partial charge in [0.1, 0.15) is 0 Å². The normalized spacial score (nSPS) is 18.8. The average Bonchev–Trinajstić information content (AvgIpc) is 2.94. The molecular formula is C31H64O10. The Bertz CT molecular complexity index is 567. The van der Waals surface area contributed by atoms with Crippen LogP contribution in [0.15, 0.2) is 0 Å². The molecule has 0 aliphatic rings. The number of hydrogen-bond donors (Lipinski definition) is 1. The monoisotopic (exact) mass is 596 g/mol. The summed E-state index contributed by atoms with van der Waals surface area (Å²) in [6, 6.07) is 0. The van der Waals surface area contributed by atoms with Crippen LogP contribution < -0.4 is 0 Å². The maximum absolute atomic E-state index is 9.28. The average molecular weight is 597 g/mol. The van der Waals surface area contributed by atoms with Gasteiger partial charge in [0.25, 0.3) is 0 Å². The van der Waals surface area contributed by atoms with Crippen molar-refractivity contribution in [2.24, 2.45) is 0 Å². The second-order valence-corrected chi connectivity index (χ2v) is 11.4.